The molecule has 0 radical (unpaired) electrons. The molecule has 0 bridgehead atoms. The van der Waals surface area contributed by atoms with Crippen molar-refractivity contribution in [1.82, 2.24) is 4.90 Å². The molecule has 1 N–H and O–H groups in total. The Bertz CT molecular complexity index is 718. The van der Waals surface area contributed by atoms with Crippen LogP contribution in [0.4, 0.5) is 0 Å². The van der Waals surface area contributed by atoms with Crippen molar-refractivity contribution >= 4 is 0 Å². The zero-order chi connectivity index (χ0) is 16.4. The number of hydrogen-bond donors (Lipinski definition) is 1. The normalized spacial score (nSPS) is 36.8. The van der Waals surface area contributed by atoms with E-state index in [0.717, 1.165) is 35.6 Å². The molecule has 3 aliphatic heterocycles. The van der Waals surface area contributed by atoms with Gasteiger partial charge in [0.15, 0.2) is 17.8 Å². The van der Waals surface area contributed by atoms with Gasteiger partial charge in [0.05, 0.1) is 12.2 Å². The lowest BCUT2D eigenvalue weighted by molar-refractivity contribution is -0.200. The Balaban J connectivity index is 1.69. The lowest BCUT2D eigenvalue weighted by atomic mass is 9.73. The fourth-order valence-electron chi connectivity index (χ4n) is 4.65. The Morgan fingerprint density at radius 2 is 1.96 bits per heavy atom. The Labute approximate surface area is 140 Å². The molecule has 0 saturated carbocycles. The number of fused-ring (bicyclic) bond motifs is 6. The first-order valence-corrected chi connectivity index (χ1v) is 8.38. The third-order valence-corrected chi connectivity index (χ3v) is 5.71. The number of aliphatic hydroxyl groups is 1. The Hall–Kier alpha value is -1.60. The summed E-state index contributed by atoms with van der Waals surface area (Å²) in [6, 6.07) is 4.25. The first-order valence-electron chi connectivity index (χ1n) is 8.38. The third kappa shape index (κ3) is 1.91. The highest BCUT2D eigenvalue weighted by Gasteiger charge is 2.50. The molecule has 5 atom stereocenters. The standard InChI is InChI=1S/C18H21NO5/c1-19-4-3-9-5-12(20)17-15(16(9)19)10-6-13-14(23-8-22-13)7-11(10)18(21-2)24-17/h5-7,12,15-18,20H,3-4,8H2,1-2H3. The van der Waals surface area contributed by atoms with E-state index < -0.39 is 12.4 Å². The maximum Gasteiger partial charge on any atom is 0.231 e. The van der Waals surface area contributed by atoms with Crippen LogP contribution >= 0.6 is 0 Å². The third-order valence-electron chi connectivity index (χ3n) is 5.71. The van der Waals surface area contributed by atoms with Crippen LogP contribution in [0, 0.1) is 0 Å². The van der Waals surface area contributed by atoms with Gasteiger partial charge in [-0.05, 0) is 31.2 Å². The number of methoxy groups -OCH3 is 1. The monoisotopic (exact) mass is 331 g/mol. The van der Waals surface area contributed by atoms with E-state index in [1.807, 2.05) is 18.2 Å². The molecule has 6 heteroatoms. The summed E-state index contributed by atoms with van der Waals surface area (Å²) < 4.78 is 22.8. The molecule has 128 valence electrons. The lowest BCUT2D eigenvalue weighted by Gasteiger charge is -2.46. The molecule has 5 unspecified atom stereocenters. The van der Waals surface area contributed by atoms with Crippen molar-refractivity contribution in [2.75, 3.05) is 27.5 Å². The van der Waals surface area contributed by atoms with E-state index in [1.54, 1.807) is 7.11 Å². The van der Waals surface area contributed by atoms with Gasteiger partial charge in [0.25, 0.3) is 0 Å². The topological polar surface area (TPSA) is 60.4 Å². The quantitative estimate of drug-likeness (QED) is 0.788. The van der Waals surface area contributed by atoms with Gasteiger partial charge in [0.1, 0.15) is 0 Å². The van der Waals surface area contributed by atoms with Crippen molar-refractivity contribution in [3.05, 3.63) is 34.9 Å². The van der Waals surface area contributed by atoms with Gasteiger partial charge in [-0.15, -0.1) is 0 Å². The van der Waals surface area contributed by atoms with Crippen LogP contribution < -0.4 is 9.47 Å². The largest absolute Gasteiger partial charge is 0.454 e. The Morgan fingerprint density at radius 1 is 1.21 bits per heavy atom. The zero-order valence-corrected chi connectivity index (χ0v) is 13.8. The van der Waals surface area contributed by atoms with Gasteiger partial charge >= 0.3 is 0 Å². The lowest BCUT2D eigenvalue weighted by Crippen LogP contribution is -2.50. The van der Waals surface area contributed by atoms with E-state index in [2.05, 4.69) is 11.9 Å². The molecule has 0 amide bonds. The summed E-state index contributed by atoms with van der Waals surface area (Å²) in [5.74, 6) is 1.55. The number of rotatable bonds is 1. The second-order valence-electron chi connectivity index (χ2n) is 6.94. The van der Waals surface area contributed by atoms with E-state index in [-0.39, 0.29) is 24.9 Å². The van der Waals surface area contributed by atoms with Crippen LogP contribution in [-0.2, 0) is 9.47 Å². The minimum absolute atomic E-state index is 0.0587. The predicted molar refractivity (Wildman–Crippen MR) is 85.1 cm³/mol. The minimum atomic E-state index is -0.621. The summed E-state index contributed by atoms with van der Waals surface area (Å²) >= 11 is 0. The highest BCUT2D eigenvalue weighted by Crippen LogP contribution is 2.51. The second kappa shape index (κ2) is 5.20. The van der Waals surface area contributed by atoms with E-state index in [9.17, 15) is 5.11 Å². The van der Waals surface area contributed by atoms with E-state index in [0.29, 0.717) is 0 Å². The van der Waals surface area contributed by atoms with Gasteiger partial charge in [0.2, 0.25) is 6.79 Å². The fraction of sp³-hybridized carbons (Fsp3) is 0.556. The van der Waals surface area contributed by atoms with Crippen LogP contribution in [0.5, 0.6) is 11.5 Å². The van der Waals surface area contributed by atoms with Crippen LogP contribution in [0.1, 0.15) is 29.8 Å². The van der Waals surface area contributed by atoms with Gasteiger partial charge in [-0.3, -0.25) is 4.90 Å². The molecule has 5 rings (SSSR count). The molecule has 1 aromatic rings. The molecular formula is C18H21NO5. The number of likely N-dealkylation sites (tertiary alicyclic amines) is 1. The van der Waals surface area contributed by atoms with Crippen molar-refractivity contribution in [3.8, 4) is 11.5 Å². The summed E-state index contributed by atoms with van der Waals surface area (Å²) in [6.45, 7) is 1.24. The van der Waals surface area contributed by atoms with Crippen molar-refractivity contribution in [2.45, 2.75) is 36.9 Å². The Kier molecular flexibility index (Phi) is 3.19. The van der Waals surface area contributed by atoms with Crippen molar-refractivity contribution < 1.29 is 24.1 Å². The highest BCUT2D eigenvalue weighted by molar-refractivity contribution is 5.53. The molecule has 1 saturated heterocycles. The second-order valence-corrected chi connectivity index (χ2v) is 6.94. The predicted octanol–water partition coefficient (Wildman–Crippen LogP) is 1.55. The van der Waals surface area contributed by atoms with Gasteiger partial charge in [-0.2, -0.15) is 0 Å². The van der Waals surface area contributed by atoms with Crippen LogP contribution in [0.25, 0.3) is 0 Å². The number of nitrogens with zero attached hydrogens (tertiary/aromatic N) is 1. The summed E-state index contributed by atoms with van der Waals surface area (Å²) in [4.78, 5) is 2.35. The summed E-state index contributed by atoms with van der Waals surface area (Å²) in [5.41, 5.74) is 3.40. The van der Waals surface area contributed by atoms with Crippen LogP contribution in [-0.4, -0.2) is 55.8 Å². The molecular weight excluding hydrogens is 310 g/mol. The molecule has 1 aromatic carbocycles. The summed E-state index contributed by atoms with van der Waals surface area (Å²) in [5, 5.41) is 10.6. The zero-order valence-electron chi connectivity index (χ0n) is 13.8. The van der Waals surface area contributed by atoms with Crippen LogP contribution in [0.15, 0.2) is 23.8 Å². The number of benzene rings is 1. The average Bonchev–Trinajstić information content (AvgIpc) is 3.18. The molecule has 1 fully saturated rings. The molecule has 0 spiro atoms. The van der Waals surface area contributed by atoms with E-state index >= 15 is 0 Å². The van der Waals surface area contributed by atoms with Crippen molar-refractivity contribution in [2.24, 2.45) is 0 Å². The average molecular weight is 331 g/mol. The maximum absolute atomic E-state index is 10.6. The highest BCUT2D eigenvalue weighted by atomic mass is 16.7. The molecule has 1 aliphatic carbocycles. The fourth-order valence-corrected chi connectivity index (χ4v) is 4.65. The molecule has 4 aliphatic rings. The number of hydrogen-bond acceptors (Lipinski definition) is 6. The van der Waals surface area contributed by atoms with Gasteiger partial charge in [0, 0.05) is 31.2 Å². The SMILES string of the molecule is COC1OC2C(O)C=C3CCN(C)C3C2c2cc3c(cc21)OCO3. The van der Waals surface area contributed by atoms with Crippen LogP contribution in [0.3, 0.4) is 0 Å². The smallest absolute Gasteiger partial charge is 0.231 e. The first-order chi connectivity index (χ1) is 11.7. The number of ether oxygens (including phenoxy) is 4. The van der Waals surface area contributed by atoms with Gasteiger partial charge in [-0.25, -0.2) is 0 Å². The van der Waals surface area contributed by atoms with Crippen molar-refractivity contribution in [1.29, 1.82) is 0 Å². The summed E-state index contributed by atoms with van der Waals surface area (Å²) in [7, 11) is 3.76. The van der Waals surface area contributed by atoms with Gasteiger partial charge < -0.3 is 24.1 Å². The van der Waals surface area contributed by atoms with Gasteiger partial charge in [-0.1, -0.05) is 11.6 Å². The first kappa shape index (κ1) is 14.7. The molecule has 24 heavy (non-hydrogen) atoms. The van der Waals surface area contributed by atoms with Crippen LogP contribution in [0.2, 0.25) is 0 Å². The Morgan fingerprint density at radius 3 is 2.71 bits per heavy atom. The number of aliphatic hydroxyl groups excluding tert-OH is 1. The molecule has 3 heterocycles. The molecule has 6 nitrogen and oxygen atoms in total. The number of likely N-dealkylation sites (N-methyl/N-ethyl adjacent to an activating group) is 1. The maximum atomic E-state index is 10.6. The minimum Gasteiger partial charge on any atom is -0.454 e. The van der Waals surface area contributed by atoms with E-state index in [4.69, 9.17) is 18.9 Å². The van der Waals surface area contributed by atoms with Crippen molar-refractivity contribution in [3.63, 3.8) is 0 Å². The molecule has 0 aromatic heterocycles. The summed E-state index contributed by atoms with van der Waals surface area (Å²) in [6.07, 6.45) is 1.52. The van der Waals surface area contributed by atoms with E-state index in [1.165, 1.54) is 5.57 Å².